The van der Waals surface area contributed by atoms with E-state index in [4.69, 9.17) is 0 Å². The maximum absolute atomic E-state index is 12.8. The van der Waals surface area contributed by atoms with Crippen LogP contribution >= 0.6 is 11.3 Å². The van der Waals surface area contributed by atoms with E-state index >= 15 is 0 Å². The van der Waals surface area contributed by atoms with Gasteiger partial charge in [-0.3, -0.25) is 4.79 Å². The lowest BCUT2D eigenvalue weighted by molar-refractivity contribution is -0.0810. The minimum atomic E-state index is -0.938. The van der Waals surface area contributed by atoms with Crippen molar-refractivity contribution >= 4 is 17.2 Å². The highest BCUT2D eigenvalue weighted by Crippen LogP contribution is 2.36. The van der Waals surface area contributed by atoms with E-state index < -0.39 is 5.60 Å². The predicted octanol–water partition coefficient (Wildman–Crippen LogP) is 2.72. The van der Waals surface area contributed by atoms with Gasteiger partial charge in [0.1, 0.15) is 5.60 Å². The zero-order valence-corrected chi connectivity index (χ0v) is 15.2. The molecule has 1 aliphatic heterocycles. The van der Waals surface area contributed by atoms with Crippen molar-refractivity contribution in [3.63, 3.8) is 0 Å². The maximum atomic E-state index is 12.8. The Morgan fingerprint density at radius 3 is 2.58 bits per heavy atom. The Bertz CT molecular complexity index is 713. The Balaban J connectivity index is 1.87. The second-order valence-electron chi connectivity index (χ2n) is 6.70. The van der Waals surface area contributed by atoms with E-state index in [9.17, 15) is 9.90 Å². The number of carbonyl (C=O) groups excluding carboxylic acids is 1. The second-order valence-corrected chi connectivity index (χ2v) is 7.62. The van der Waals surface area contributed by atoms with Gasteiger partial charge in [-0.2, -0.15) is 0 Å². The predicted molar refractivity (Wildman–Crippen MR) is 97.4 cm³/mol. The van der Waals surface area contributed by atoms with E-state index in [0.717, 1.165) is 16.0 Å². The first-order valence-electron chi connectivity index (χ1n) is 8.21. The quantitative estimate of drug-likeness (QED) is 0.931. The summed E-state index contributed by atoms with van der Waals surface area (Å²) in [7, 11) is 3.92. The van der Waals surface area contributed by atoms with Crippen LogP contribution in [-0.2, 0) is 5.60 Å². The number of amides is 1. The molecule has 1 fully saturated rings. The molecule has 1 saturated heterocycles. The van der Waals surface area contributed by atoms with Crippen LogP contribution in [0.2, 0.25) is 0 Å². The summed E-state index contributed by atoms with van der Waals surface area (Å²) >= 11 is 1.49. The first-order valence-corrected chi connectivity index (χ1v) is 9.09. The van der Waals surface area contributed by atoms with Gasteiger partial charge < -0.3 is 14.9 Å². The smallest absolute Gasteiger partial charge is 0.264 e. The Morgan fingerprint density at radius 1 is 1.29 bits per heavy atom. The normalized spacial score (nSPS) is 24.4. The summed E-state index contributed by atoms with van der Waals surface area (Å²) in [6.45, 7) is 3.05. The van der Waals surface area contributed by atoms with Crippen molar-refractivity contribution in [3.05, 3.63) is 57.8 Å². The van der Waals surface area contributed by atoms with E-state index in [1.165, 1.54) is 11.3 Å². The van der Waals surface area contributed by atoms with Gasteiger partial charge in [-0.25, -0.2) is 0 Å². The van der Waals surface area contributed by atoms with Gasteiger partial charge in [-0.05, 0) is 50.0 Å². The third-order valence-corrected chi connectivity index (χ3v) is 5.95. The number of aryl methyl sites for hydroxylation is 1. The number of aliphatic hydroxyl groups is 1. The first kappa shape index (κ1) is 17.1. The van der Waals surface area contributed by atoms with Crippen LogP contribution in [0.25, 0.3) is 0 Å². The molecular weight excluding hydrogens is 320 g/mol. The molecule has 0 aliphatic carbocycles. The van der Waals surface area contributed by atoms with E-state index in [1.54, 1.807) is 0 Å². The van der Waals surface area contributed by atoms with Crippen LogP contribution in [0.3, 0.4) is 0 Å². The van der Waals surface area contributed by atoms with Crippen molar-refractivity contribution in [2.24, 2.45) is 0 Å². The number of hydrogen-bond acceptors (Lipinski definition) is 4. The van der Waals surface area contributed by atoms with Crippen molar-refractivity contribution in [3.8, 4) is 0 Å². The molecule has 2 atom stereocenters. The highest BCUT2D eigenvalue weighted by atomic mass is 32.1. The summed E-state index contributed by atoms with van der Waals surface area (Å²) in [4.78, 5) is 17.5. The number of piperidine rings is 1. The third kappa shape index (κ3) is 2.99. The van der Waals surface area contributed by atoms with Gasteiger partial charge in [0, 0.05) is 13.1 Å². The molecule has 0 saturated carbocycles. The molecule has 5 heteroatoms. The van der Waals surface area contributed by atoms with E-state index in [1.807, 2.05) is 72.6 Å². The fourth-order valence-electron chi connectivity index (χ4n) is 3.50. The standard InChI is InChI=1S/C19H24N2O2S/c1-14-9-12-24-17(14)18(22)21-11-10-19(23,16(13-21)20(2)3)15-7-5-4-6-8-15/h4-9,12,16,23H,10-11,13H2,1-3H3/t16-,19-/m1/s1. The topological polar surface area (TPSA) is 43.8 Å². The molecule has 0 spiro atoms. The molecule has 2 heterocycles. The molecule has 4 nitrogen and oxygen atoms in total. The molecule has 0 unspecified atom stereocenters. The van der Waals surface area contributed by atoms with Crippen LogP contribution < -0.4 is 0 Å². The number of likely N-dealkylation sites (tertiary alicyclic amines) is 1. The van der Waals surface area contributed by atoms with Gasteiger partial charge in [-0.1, -0.05) is 30.3 Å². The van der Waals surface area contributed by atoms with E-state index in [-0.39, 0.29) is 11.9 Å². The summed E-state index contributed by atoms with van der Waals surface area (Å²) in [6, 6.07) is 11.6. The molecule has 1 amide bonds. The van der Waals surface area contributed by atoms with Crippen LogP contribution in [0, 0.1) is 6.92 Å². The third-order valence-electron chi connectivity index (χ3n) is 4.95. The van der Waals surface area contributed by atoms with Crippen molar-refractivity contribution in [2.75, 3.05) is 27.2 Å². The monoisotopic (exact) mass is 344 g/mol. The minimum absolute atomic E-state index is 0.0736. The zero-order chi connectivity index (χ0) is 17.3. The lowest BCUT2D eigenvalue weighted by Gasteiger charge is -2.47. The van der Waals surface area contributed by atoms with Gasteiger partial charge in [0.2, 0.25) is 0 Å². The lowest BCUT2D eigenvalue weighted by Crippen LogP contribution is -2.60. The zero-order valence-electron chi connectivity index (χ0n) is 14.4. The molecule has 0 radical (unpaired) electrons. The molecule has 128 valence electrons. The number of nitrogens with zero attached hydrogens (tertiary/aromatic N) is 2. The van der Waals surface area contributed by atoms with E-state index in [2.05, 4.69) is 0 Å². The average molecular weight is 344 g/mol. The number of hydrogen-bond donors (Lipinski definition) is 1. The summed E-state index contributed by atoms with van der Waals surface area (Å²) in [5, 5.41) is 13.3. The SMILES string of the molecule is Cc1ccsc1C(=O)N1CC[C@@](O)(c2ccccc2)[C@H](N(C)C)C1. The molecule has 1 aromatic heterocycles. The molecule has 1 aliphatic rings. The van der Waals surface area contributed by atoms with Gasteiger partial charge in [-0.15, -0.1) is 11.3 Å². The number of benzene rings is 1. The average Bonchev–Trinajstić information content (AvgIpc) is 3.01. The van der Waals surface area contributed by atoms with Crippen molar-refractivity contribution < 1.29 is 9.90 Å². The first-order chi connectivity index (χ1) is 11.4. The molecule has 1 aromatic carbocycles. The lowest BCUT2D eigenvalue weighted by atomic mass is 9.79. The minimum Gasteiger partial charge on any atom is -0.383 e. The van der Waals surface area contributed by atoms with Crippen LogP contribution in [0.1, 0.15) is 27.2 Å². The summed E-state index contributed by atoms with van der Waals surface area (Å²) < 4.78 is 0. The van der Waals surface area contributed by atoms with Crippen LogP contribution in [0.4, 0.5) is 0 Å². The Kier molecular flexibility index (Phi) is 4.76. The Morgan fingerprint density at radius 2 is 2.00 bits per heavy atom. The highest BCUT2D eigenvalue weighted by molar-refractivity contribution is 7.12. The number of likely N-dealkylation sites (N-methyl/N-ethyl adjacent to an activating group) is 1. The number of carbonyl (C=O) groups is 1. The summed E-state index contributed by atoms with van der Waals surface area (Å²) in [5.41, 5.74) is 1.00. The second kappa shape index (κ2) is 6.67. The van der Waals surface area contributed by atoms with Crippen LogP contribution in [0.15, 0.2) is 41.8 Å². The molecule has 24 heavy (non-hydrogen) atoms. The van der Waals surface area contributed by atoms with Crippen molar-refractivity contribution in [1.82, 2.24) is 9.80 Å². The van der Waals surface area contributed by atoms with Crippen LogP contribution in [-0.4, -0.2) is 54.0 Å². The fraction of sp³-hybridized carbons (Fsp3) is 0.421. The van der Waals surface area contributed by atoms with Crippen LogP contribution in [0.5, 0.6) is 0 Å². The van der Waals surface area contributed by atoms with Gasteiger partial charge in [0.25, 0.3) is 5.91 Å². The van der Waals surface area contributed by atoms with Gasteiger partial charge >= 0.3 is 0 Å². The van der Waals surface area contributed by atoms with Gasteiger partial charge in [0.15, 0.2) is 0 Å². The van der Waals surface area contributed by atoms with Gasteiger partial charge in [0.05, 0.1) is 10.9 Å². The fourth-order valence-corrected chi connectivity index (χ4v) is 4.39. The molecule has 1 N–H and O–H groups in total. The Hall–Kier alpha value is -1.69. The molecule has 0 bridgehead atoms. The number of rotatable bonds is 3. The number of thiophene rings is 1. The largest absolute Gasteiger partial charge is 0.383 e. The highest BCUT2D eigenvalue weighted by Gasteiger charge is 2.45. The molecular formula is C19H24N2O2S. The maximum Gasteiger partial charge on any atom is 0.264 e. The van der Waals surface area contributed by atoms with E-state index in [0.29, 0.717) is 19.5 Å². The van der Waals surface area contributed by atoms with Crippen molar-refractivity contribution in [2.45, 2.75) is 25.0 Å². The summed E-state index contributed by atoms with van der Waals surface area (Å²) in [6.07, 6.45) is 0.538. The Labute approximate surface area is 147 Å². The molecule has 3 rings (SSSR count). The van der Waals surface area contributed by atoms with Crippen molar-refractivity contribution in [1.29, 1.82) is 0 Å². The molecule has 2 aromatic rings. The summed E-state index contributed by atoms with van der Waals surface area (Å²) in [5.74, 6) is 0.0736.